The summed E-state index contributed by atoms with van der Waals surface area (Å²) in [6.45, 7) is 8.08. The Morgan fingerprint density at radius 2 is 1.60 bits per heavy atom. The van der Waals surface area contributed by atoms with Crippen LogP contribution in [0.5, 0.6) is 0 Å². The third-order valence-corrected chi connectivity index (χ3v) is 9.00. The monoisotopic (exact) mass is 611 g/mol. The van der Waals surface area contributed by atoms with Gasteiger partial charge >= 0.3 is 0 Å². The van der Waals surface area contributed by atoms with Crippen LogP contribution in [0.3, 0.4) is 0 Å². The van der Waals surface area contributed by atoms with E-state index in [0.29, 0.717) is 22.7 Å². The molecule has 0 unspecified atom stereocenters. The van der Waals surface area contributed by atoms with E-state index in [1.165, 1.54) is 4.31 Å². The van der Waals surface area contributed by atoms with Gasteiger partial charge in [-0.3, -0.25) is 13.9 Å². The van der Waals surface area contributed by atoms with Crippen LogP contribution in [0.15, 0.2) is 72.8 Å². The van der Waals surface area contributed by atoms with E-state index < -0.39 is 16.1 Å². The molecule has 3 rings (SSSR count). The molecule has 0 aromatic heterocycles. The van der Waals surface area contributed by atoms with E-state index in [9.17, 15) is 18.0 Å². The zero-order chi connectivity index (χ0) is 30.9. The number of rotatable bonds is 14. The number of anilines is 1. The van der Waals surface area contributed by atoms with E-state index in [0.717, 1.165) is 29.4 Å². The molecule has 3 aromatic carbocycles. The normalized spacial score (nSPS) is 12.8. The Morgan fingerprint density at radius 1 is 0.929 bits per heavy atom. The van der Waals surface area contributed by atoms with Gasteiger partial charge < -0.3 is 10.2 Å². The van der Waals surface area contributed by atoms with E-state index in [2.05, 4.69) is 5.32 Å². The van der Waals surface area contributed by atoms with Crippen molar-refractivity contribution >= 4 is 39.1 Å². The molecule has 0 aliphatic rings. The molecule has 0 spiro atoms. The molecule has 0 radical (unpaired) electrons. The van der Waals surface area contributed by atoms with Gasteiger partial charge in [0.25, 0.3) is 0 Å². The van der Waals surface area contributed by atoms with E-state index in [1.54, 1.807) is 30.0 Å². The summed E-state index contributed by atoms with van der Waals surface area (Å²) >= 11 is 6.28. The molecule has 0 aliphatic heterocycles. The summed E-state index contributed by atoms with van der Waals surface area (Å²) in [5, 5.41) is 3.54. The Balaban J connectivity index is 1.90. The van der Waals surface area contributed by atoms with Crippen LogP contribution in [0, 0.1) is 13.8 Å². The lowest BCUT2D eigenvalue weighted by atomic mass is 10.0. The van der Waals surface area contributed by atoms with Gasteiger partial charge in [-0.05, 0) is 62.4 Å². The average Bonchev–Trinajstić information content (AvgIpc) is 2.95. The van der Waals surface area contributed by atoms with Crippen LogP contribution in [0.4, 0.5) is 5.69 Å². The van der Waals surface area contributed by atoms with Crippen LogP contribution in [0.25, 0.3) is 0 Å². The maximum Gasteiger partial charge on any atom is 0.243 e. The molecule has 0 aliphatic carbocycles. The van der Waals surface area contributed by atoms with Gasteiger partial charge in [0.15, 0.2) is 0 Å². The number of hydrogen-bond acceptors (Lipinski definition) is 4. The smallest absolute Gasteiger partial charge is 0.243 e. The van der Waals surface area contributed by atoms with Crippen molar-refractivity contribution in [2.75, 3.05) is 17.1 Å². The maximum absolute atomic E-state index is 14.0. The lowest BCUT2D eigenvalue weighted by Gasteiger charge is -2.33. The first kappa shape index (κ1) is 33.1. The van der Waals surface area contributed by atoms with Gasteiger partial charge in [-0.25, -0.2) is 8.42 Å². The molecule has 0 saturated heterocycles. The fourth-order valence-corrected chi connectivity index (χ4v) is 5.92. The van der Waals surface area contributed by atoms with Crippen LogP contribution >= 0.6 is 11.6 Å². The quantitative estimate of drug-likeness (QED) is 0.240. The summed E-state index contributed by atoms with van der Waals surface area (Å²) in [5.74, 6) is -0.423. The van der Waals surface area contributed by atoms with E-state index >= 15 is 0 Å². The number of benzene rings is 3. The maximum atomic E-state index is 14.0. The Morgan fingerprint density at radius 3 is 2.21 bits per heavy atom. The van der Waals surface area contributed by atoms with Gasteiger partial charge in [-0.15, -0.1) is 0 Å². The number of nitrogens with one attached hydrogen (secondary N) is 1. The number of amides is 2. The average molecular weight is 612 g/mol. The summed E-state index contributed by atoms with van der Waals surface area (Å²) in [4.78, 5) is 29.3. The van der Waals surface area contributed by atoms with Crippen molar-refractivity contribution in [3.8, 4) is 0 Å². The van der Waals surface area contributed by atoms with Crippen LogP contribution in [0.2, 0.25) is 5.02 Å². The summed E-state index contributed by atoms with van der Waals surface area (Å²) in [5.41, 5.74) is 4.11. The number of nitrogens with zero attached hydrogens (tertiary/aromatic N) is 2. The zero-order valence-electron chi connectivity index (χ0n) is 25.1. The molecule has 1 N–H and O–H groups in total. The summed E-state index contributed by atoms with van der Waals surface area (Å²) in [7, 11) is -3.63. The second-order valence-electron chi connectivity index (χ2n) is 10.9. The molecule has 226 valence electrons. The fourth-order valence-electron chi connectivity index (χ4n) is 4.73. The summed E-state index contributed by atoms with van der Waals surface area (Å²) < 4.78 is 26.8. The molecule has 42 heavy (non-hydrogen) atoms. The van der Waals surface area contributed by atoms with E-state index in [-0.39, 0.29) is 43.8 Å². The number of aryl methyl sites for hydroxylation is 1. The lowest BCUT2D eigenvalue weighted by Crippen LogP contribution is -2.52. The van der Waals surface area contributed by atoms with Crippen LogP contribution in [0.1, 0.15) is 55.4 Å². The van der Waals surface area contributed by atoms with Crippen LogP contribution < -0.4 is 9.62 Å². The Bertz CT molecular complexity index is 1450. The molecule has 0 bridgehead atoms. The molecule has 0 saturated carbocycles. The van der Waals surface area contributed by atoms with E-state index in [4.69, 9.17) is 11.6 Å². The molecular formula is C33H42ClN3O4S. The summed E-state index contributed by atoms with van der Waals surface area (Å²) in [6.07, 6.45) is 2.61. The Labute approximate surface area is 255 Å². The second-order valence-corrected chi connectivity index (χ2v) is 13.2. The van der Waals surface area contributed by atoms with Crippen molar-refractivity contribution in [1.29, 1.82) is 0 Å². The fraction of sp³-hybridized carbons (Fsp3) is 0.394. The van der Waals surface area contributed by atoms with Crippen LogP contribution in [-0.2, 0) is 32.6 Å². The topological polar surface area (TPSA) is 86.8 Å². The molecule has 3 aromatic rings. The Hall–Kier alpha value is -3.36. The van der Waals surface area contributed by atoms with Gasteiger partial charge in [-0.2, -0.15) is 0 Å². The van der Waals surface area contributed by atoms with Crippen molar-refractivity contribution in [2.45, 2.75) is 72.0 Å². The first-order valence-electron chi connectivity index (χ1n) is 14.3. The molecular weight excluding hydrogens is 570 g/mol. The van der Waals surface area contributed by atoms with Crippen molar-refractivity contribution in [3.63, 3.8) is 0 Å². The van der Waals surface area contributed by atoms with Crippen molar-refractivity contribution in [3.05, 3.63) is 100 Å². The SMILES string of the molecule is CC[C@H](C)NC(=O)[C@@H](Cc1ccccc1)N(Cc1ccc(C)cc1)C(=O)CCCN(c1cccc(Cl)c1C)S(C)(=O)=O. The van der Waals surface area contributed by atoms with Crippen molar-refractivity contribution in [2.24, 2.45) is 0 Å². The van der Waals surface area contributed by atoms with Gasteiger partial charge in [0, 0.05) is 37.0 Å². The highest BCUT2D eigenvalue weighted by Gasteiger charge is 2.31. The molecule has 2 atom stereocenters. The Kier molecular flexibility index (Phi) is 12.0. The second kappa shape index (κ2) is 15.2. The van der Waals surface area contributed by atoms with E-state index in [1.807, 2.05) is 75.4 Å². The number of carbonyl (C=O) groups excluding carboxylic acids is 2. The highest BCUT2D eigenvalue weighted by atomic mass is 35.5. The molecule has 9 heteroatoms. The highest BCUT2D eigenvalue weighted by molar-refractivity contribution is 7.92. The van der Waals surface area contributed by atoms with Gasteiger partial charge in [-0.1, -0.05) is 84.8 Å². The number of hydrogen-bond donors (Lipinski definition) is 1. The molecule has 0 fully saturated rings. The van der Waals surface area contributed by atoms with Crippen LogP contribution in [-0.4, -0.2) is 50.0 Å². The minimum absolute atomic E-state index is 0.0450. The highest BCUT2D eigenvalue weighted by Crippen LogP contribution is 2.28. The van der Waals surface area contributed by atoms with Gasteiger partial charge in [0.05, 0.1) is 11.9 Å². The number of halogens is 1. The molecule has 2 amide bonds. The molecule has 0 heterocycles. The van der Waals surface area contributed by atoms with Crippen molar-refractivity contribution in [1.82, 2.24) is 10.2 Å². The largest absolute Gasteiger partial charge is 0.352 e. The minimum atomic E-state index is -3.63. The standard InChI is InChI=1S/C33H42ClN3O4S/c1-6-25(3)35-33(39)31(22-27-12-8-7-9-13-27)36(23-28-19-17-24(2)18-20-28)32(38)16-11-21-37(42(5,40)41)30-15-10-14-29(34)26(30)4/h7-10,12-15,17-20,25,31H,6,11,16,21-23H2,1-5H3,(H,35,39)/t25-,31+/m0/s1. The third-order valence-electron chi connectivity index (χ3n) is 7.41. The summed E-state index contributed by atoms with van der Waals surface area (Å²) in [6, 6.07) is 21.9. The van der Waals surface area contributed by atoms with Gasteiger partial charge in [0.1, 0.15) is 6.04 Å². The minimum Gasteiger partial charge on any atom is -0.352 e. The predicted molar refractivity (Wildman–Crippen MR) is 171 cm³/mol. The lowest BCUT2D eigenvalue weighted by molar-refractivity contribution is -0.141. The first-order chi connectivity index (χ1) is 19.9. The number of carbonyl (C=O) groups is 2. The number of sulfonamides is 1. The third kappa shape index (κ3) is 9.33. The van der Waals surface area contributed by atoms with Crippen molar-refractivity contribution < 1.29 is 18.0 Å². The van der Waals surface area contributed by atoms with Gasteiger partial charge in [0.2, 0.25) is 21.8 Å². The zero-order valence-corrected chi connectivity index (χ0v) is 26.7. The first-order valence-corrected chi connectivity index (χ1v) is 16.6. The molecule has 7 nitrogen and oxygen atoms in total. The predicted octanol–water partition coefficient (Wildman–Crippen LogP) is 6.06.